The van der Waals surface area contributed by atoms with Crippen molar-refractivity contribution in [3.05, 3.63) is 47.7 Å². The third kappa shape index (κ3) is 4.52. The molecule has 1 saturated heterocycles. The Hall–Kier alpha value is -2.44. The Morgan fingerprint density at radius 1 is 1.22 bits per heavy atom. The number of fused-ring (bicyclic) bond motifs is 1. The highest BCUT2D eigenvalue weighted by Crippen LogP contribution is 2.38. The van der Waals surface area contributed by atoms with E-state index in [2.05, 4.69) is 10.4 Å². The SMILES string of the molecule is C[C@@H](C(=O)N1CCC[C@@H]([C@@H]2C[C@H](C(F)F)n3nc(C(C)(C)C)cc3N2)C1)c1ccccc1. The fraction of sp³-hybridized carbons (Fsp3) is 0.600. The first-order valence-corrected chi connectivity index (χ1v) is 11.6. The van der Waals surface area contributed by atoms with E-state index in [9.17, 15) is 13.6 Å². The lowest BCUT2D eigenvalue weighted by molar-refractivity contribution is -0.134. The van der Waals surface area contributed by atoms with Gasteiger partial charge in [0.1, 0.15) is 11.9 Å². The van der Waals surface area contributed by atoms with Crippen LogP contribution in [0.3, 0.4) is 0 Å². The number of amides is 1. The van der Waals surface area contributed by atoms with E-state index >= 15 is 0 Å². The molecule has 5 nitrogen and oxygen atoms in total. The molecule has 7 heteroatoms. The number of hydrogen-bond donors (Lipinski definition) is 1. The van der Waals surface area contributed by atoms with Gasteiger partial charge in [0, 0.05) is 30.6 Å². The Morgan fingerprint density at radius 3 is 2.59 bits per heavy atom. The summed E-state index contributed by atoms with van der Waals surface area (Å²) in [6.45, 7) is 9.38. The quantitative estimate of drug-likeness (QED) is 0.704. The zero-order valence-corrected chi connectivity index (χ0v) is 19.4. The fourth-order valence-corrected chi connectivity index (χ4v) is 4.95. The third-order valence-electron chi connectivity index (χ3n) is 6.95. The number of hydrogen-bond acceptors (Lipinski definition) is 3. The number of alkyl halides is 2. The molecule has 3 heterocycles. The topological polar surface area (TPSA) is 50.2 Å². The average Bonchev–Trinajstić information content (AvgIpc) is 3.23. The Morgan fingerprint density at radius 2 is 1.94 bits per heavy atom. The number of piperidine rings is 1. The molecule has 0 saturated carbocycles. The Bertz CT molecular complexity index is 937. The smallest absolute Gasteiger partial charge is 0.260 e. The summed E-state index contributed by atoms with van der Waals surface area (Å²) in [5.74, 6) is 0.706. The first kappa shape index (κ1) is 22.7. The van der Waals surface area contributed by atoms with Crippen LogP contribution in [0.5, 0.6) is 0 Å². The summed E-state index contributed by atoms with van der Waals surface area (Å²) in [6.07, 6.45) is -0.346. The lowest BCUT2D eigenvalue weighted by Crippen LogP contribution is -2.49. The Kier molecular flexibility index (Phi) is 6.28. The number of anilines is 1. The molecule has 2 aliphatic heterocycles. The second-order valence-corrected chi connectivity index (χ2v) is 10.3. The van der Waals surface area contributed by atoms with Crippen LogP contribution in [0.15, 0.2) is 36.4 Å². The maximum absolute atomic E-state index is 14.0. The molecule has 1 fully saturated rings. The third-order valence-corrected chi connectivity index (χ3v) is 6.95. The normalized spacial score (nSPS) is 24.7. The molecule has 2 aliphatic rings. The van der Waals surface area contributed by atoms with E-state index in [0.717, 1.165) is 30.6 Å². The minimum Gasteiger partial charge on any atom is -0.367 e. The summed E-state index contributed by atoms with van der Waals surface area (Å²) in [5.41, 5.74) is 1.60. The van der Waals surface area contributed by atoms with E-state index in [-0.39, 0.29) is 29.2 Å². The molecule has 1 amide bonds. The van der Waals surface area contributed by atoms with E-state index < -0.39 is 12.5 Å². The summed E-state index contributed by atoms with van der Waals surface area (Å²) in [5, 5.41) is 8.01. The Balaban J connectivity index is 1.51. The molecule has 174 valence electrons. The van der Waals surface area contributed by atoms with Crippen LogP contribution in [0.2, 0.25) is 0 Å². The van der Waals surface area contributed by atoms with Gasteiger partial charge >= 0.3 is 0 Å². The largest absolute Gasteiger partial charge is 0.367 e. The van der Waals surface area contributed by atoms with Gasteiger partial charge in [-0.1, -0.05) is 51.1 Å². The van der Waals surface area contributed by atoms with E-state index in [1.807, 2.05) is 69.0 Å². The summed E-state index contributed by atoms with van der Waals surface area (Å²) in [6, 6.07) is 10.7. The van der Waals surface area contributed by atoms with Crippen molar-refractivity contribution in [2.24, 2.45) is 5.92 Å². The van der Waals surface area contributed by atoms with Crippen molar-refractivity contribution >= 4 is 11.7 Å². The molecule has 0 unspecified atom stereocenters. The number of benzene rings is 1. The standard InChI is InChI=1S/C25H34F2N4O/c1-16(17-9-6-5-7-10-17)24(32)30-12-8-11-18(15-30)19-13-20(23(26)27)31-22(28-19)14-21(29-31)25(2,3)4/h5-7,9-10,14,16,18-20,23,28H,8,11-13,15H2,1-4H3/t16-,18-,19+,20-/m1/s1. The van der Waals surface area contributed by atoms with Crippen molar-refractivity contribution in [2.45, 2.75) is 76.8 Å². The number of nitrogens with zero attached hydrogens (tertiary/aromatic N) is 3. The second kappa shape index (κ2) is 8.83. The van der Waals surface area contributed by atoms with Crippen molar-refractivity contribution in [3.63, 3.8) is 0 Å². The molecule has 2 aromatic rings. The highest BCUT2D eigenvalue weighted by atomic mass is 19.3. The van der Waals surface area contributed by atoms with Gasteiger partial charge in [0.15, 0.2) is 0 Å². The predicted octanol–water partition coefficient (Wildman–Crippen LogP) is 5.21. The molecule has 0 aliphatic carbocycles. The Labute approximate surface area is 189 Å². The van der Waals surface area contributed by atoms with Crippen LogP contribution in [-0.2, 0) is 10.2 Å². The zero-order chi connectivity index (χ0) is 23.0. The molecule has 1 N–H and O–H groups in total. The van der Waals surface area contributed by atoms with Gasteiger partial charge in [-0.2, -0.15) is 5.10 Å². The molecule has 4 atom stereocenters. The number of carbonyl (C=O) groups excluding carboxylic acids is 1. The molecule has 0 bridgehead atoms. The van der Waals surface area contributed by atoms with Gasteiger partial charge in [-0.25, -0.2) is 13.5 Å². The number of likely N-dealkylation sites (tertiary alicyclic amines) is 1. The van der Waals surface area contributed by atoms with Crippen molar-refractivity contribution in [2.75, 3.05) is 18.4 Å². The van der Waals surface area contributed by atoms with Gasteiger partial charge in [-0.15, -0.1) is 0 Å². The fourth-order valence-electron chi connectivity index (χ4n) is 4.95. The van der Waals surface area contributed by atoms with Crippen LogP contribution in [0.4, 0.5) is 14.6 Å². The van der Waals surface area contributed by atoms with Gasteiger partial charge in [0.25, 0.3) is 6.43 Å². The maximum Gasteiger partial charge on any atom is 0.260 e. The van der Waals surface area contributed by atoms with Gasteiger partial charge in [0.2, 0.25) is 5.91 Å². The van der Waals surface area contributed by atoms with Crippen LogP contribution in [0.1, 0.15) is 70.2 Å². The monoisotopic (exact) mass is 444 g/mol. The van der Waals surface area contributed by atoms with Gasteiger partial charge in [-0.05, 0) is 37.7 Å². The van der Waals surface area contributed by atoms with Gasteiger partial charge < -0.3 is 10.2 Å². The molecular formula is C25H34F2N4O. The van der Waals surface area contributed by atoms with E-state index in [1.165, 1.54) is 4.68 Å². The van der Waals surface area contributed by atoms with E-state index in [4.69, 9.17) is 0 Å². The molecular weight excluding hydrogens is 410 g/mol. The van der Waals surface area contributed by atoms with Crippen molar-refractivity contribution in [1.82, 2.24) is 14.7 Å². The average molecular weight is 445 g/mol. The lowest BCUT2D eigenvalue weighted by atomic mass is 9.85. The minimum atomic E-state index is -2.48. The highest BCUT2D eigenvalue weighted by Gasteiger charge is 2.40. The molecule has 1 aromatic carbocycles. The maximum atomic E-state index is 14.0. The van der Waals surface area contributed by atoms with Crippen LogP contribution in [-0.4, -0.2) is 46.1 Å². The number of halogens is 2. The highest BCUT2D eigenvalue weighted by molar-refractivity contribution is 5.83. The van der Waals surface area contributed by atoms with Crippen molar-refractivity contribution < 1.29 is 13.6 Å². The summed E-state index contributed by atoms with van der Waals surface area (Å²) >= 11 is 0. The van der Waals surface area contributed by atoms with E-state index in [0.29, 0.717) is 18.8 Å². The summed E-state index contributed by atoms with van der Waals surface area (Å²) in [4.78, 5) is 15.1. The van der Waals surface area contributed by atoms with Gasteiger partial charge in [0.05, 0.1) is 11.6 Å². The molecule has 32 heavy (non-hydrogen) atoms. The molecule has 0 spiro atoms. The summed E-state index contributed by atoms with van der Waals surface area (Å²) in [7, 11) is 0. The number of carbonyl (C=O) groups is 1. The van der Waals surface area contributed by atoms with Crippen LogP contribution < -0.4 is 5.32 Å². The molecule has 4 rings (SSSR count). The number of aromatic nitrogens is 2. The number of nitrogens with one attached hydrogen (secondary N) is 1. The van der Waals surface area contributed by atoms with Crippen LogP contribution in [0.25, 0.3) is 0 Å². The zero-order valence-electron chi connectivity index (χ0n) is 19.4. The second-order valence-electron chi connectivity index (χ2n) is 10.3. The predicted molar refractivity (Wildman–Crippen MR) is 122 cm³/mol. The van der Waals surface area contributed by atoms with Crippen LogP contribution >= 0.6 is 0 Å². The van der Waals surface area contributed by atoms with Gasteiger partial charge in [-0.3, -0.25) is 4.79 Å². The number of rotatable bonds is 4. The minimum absolute atomic E-state index is 0.103. The summed E-state index contributed by atoms with van der Waals surface area (Å²) < 4.78 is 29.5. The van der Waals surface area contributed by atoms with E-state index in [1.54, 1.807) is 0 Å². The van der Waals surface area contributed by atoms with Crippen LogP contribution in [0, 0.1) is 5.92 Å². The van der Waals surface area contributed by atoms with Crippen molar-refractivity contribution in [1.29, 1.82) is 0 Å². The molecule has 0 radical (unpaired) electrons. The van der Waals surface area contributed by atoms with Crippen molar-refractivity contribution in [3.8, 4) is 0 Å². The first-order chi connectivity index (χ1) is 15.1. The molecule has 1 aromatic heterocycles. The lowest BCUT2D eigenvalue weighted by Gasteiger charge is -2.41. The first-order valence-electron chi connectivity index (χ1n) is 11.6.